The van der Waals surface area contributed by atoms with Gasteiger partial charge in [0.2, 0.25) is 0 Å². The van der Waals surface area contributed by atoms with Gasteiger partial charge in [-0.2, -0.15) is 0 Å². The molecule has 0 saturated carbocycles. The first kappa shape index (κ1) is 14.0. The van der Waals surface area contributed by atoms with Crippen LogP contribution in [0.4, 0.5) is 10.5 Å². The average Bonchev–Trinajstić information content (AvgIpc) is 2.35. The first-order chi connectivity index (χ1) is 8.90. The summed E-state index contributed by atoms with van der Waals surface area (Å²) in [6, 6.07) is 1.50. The number of pyridine rings is 1. The summed E-state index contributed by atoms with van der Waals surface area (Å²) in [7, 11) is 1.99. The number of hydrogen-bond donors (Lipinski definition) is 3. The predicted octanol–water partition coefficient (Wildman–Crippen LogP) is 1.74. The van der Waals surface area contributed by atoms with Gasteiger partial charge < -0.3 is 15.1 Å². The molecule has 7 heteroatoms. The monoisotopic (exact) mass is 285 g/mol. The molecule has 0 aliphatic carbocycles. The summed E-state index contributed by atoms with van der Waals surface area (Å²) in [5.41, 5.74) is -0.327. The van der Waals surface area contributed by atoms with Gasteiger partial charge in [-0.3, -0.25) is 10.3 Å². The van der Waals surface area contributed by atoms with E-state index in [1.165, 1.54) is 12.3 Å². The quantitative estimate of drug-likeness (QED) is 0.770. The van der Waals surface area contributed by atoms with Crippen molar-refractivity contribution in [1.29, 1.82) is 0 Å². The van der Waals surface area contributed by atoms with Crippen LogP contribution in [0.15, 0.2) is 12.3 Å². The summed E-state index contributed by atoms with van der Waals surface area (Å²) in [5, 5.41) is 21.7. The third-order valence-corrected chi connectivity index (χ3v) is 3.69. The number of carbonyl (C=O) groups is 1. The van der Waals surface area contributed by atoms with E-state index in [4.69, 9.17) is 16.7 Å². The largest absolute Gasteiger partial charge is 0.465 e. The second-order valence-electron chi connectivity index (χ2n) is 4.81. The lowest BCUT2D eigenvalue weighted by Gasteiger charge is -2.36. The average molecular weight is 286 g/mol. The molecule has 1 aliphatic rings. The molecule has 3 N–H and O–H groups in total. The number of nitrogens with one attached hydrogen (secondary N) is 1. The summed E-state index contributed by atoms with van der Waals surface area (Å²) in [5.74, 6) is 0. The highest BCUT2D eigenvalue weighted by molar-refractivity contribution is 6.33. The number of carboxylic acid groups (broad SMARTS) is 1. The molecule has 0 spiro atoms. The highest BCUT2D eigenvalue weighted by atomic mass is 35.5. The van der Waals surface area contributed by atoms with E-state index in [1.54, 1.807) is 0 Å². The van der Waals surface area contributed by atoms with Gasteiger partial charge in [-0.1, -0.05) is 11.6 Å². The van der Waals surface area contributed by atoms with Gasteiger partial charge >= 0.3 is 6.09 Å². The zero-order valence-electron chi connectivity index (χ0n) is 10.6. The molecule has 1 aromatic heterocycles. The summed E-state index contributed by atoms with van der Waals surface area (Å²) in [6.07, 6.45) is 1.28. The van der Waals surface area contributed by atoms with Crippen molar-refractivity contribution in [3.8, 4) is 0 Å². The van der Waals surface area contributed by atoms with Crippen molar-refractivity contribution >= 4 is 23.4 Å². The number of piperidine rings is 1. The van der Waals surface area contributed by atoms with Crippen LogP contribution in [0.25, 0.3) is 0 Å². The van der Waals surface area contributed by atoms with Crippen molar-refractivity contribution in [1.82, 2.24) is 9.88 Å². The zero-order valence-corrected chi connectivity index (χ0v) is 11.3. The number of nitrogens with zero attached hydrogens (tertiary/aromatic N) is 2. The molecule has 0 bridgehead atoms. The molecule has 1 aliphatic heterocycles. The van der Waals surface area contributed by atoms with Gasteiger partial charge in [0.25, 0.3) is 0 Å². The maximum atomic E-state index is 10.7. The Morgan fingerprint density at radius 2 is 2.16 bits per heavy atom. The molecule has 1 aromatic rings. The fourth-order valence-corrected chi connectivity index (χ4v) is 2.30. The van der Waals surface area contributed by atoms with Gasteiger partial charge in [-0.25, -0.2) is 4.79 Å². The van der Waals surface area contributed by atoms with Crippen LogP contribution >= 0.6 is 11.6 Å². The van der Waals surface area contributed by atoms with Gasteiger partial charge in [0, 0.05) is 19.3 Å². The van der Waals surface area contributed by atoms with Crippen LogP contribution in [-0.2, 0) is 5.60 Å². The molecule has 6 nitrogen and oxygen atoms in total. The van der Waals surface area contributed by atoms with Gasteiger partial charge in [0.1, 0.15) is 5.60 Å². The third-order valence-electron chi connectivity index (χ3n) is 3.39. The van der Waals surface area contributed by atoms with E-state index in [0.29, 0.717) is 18.5 Å². The van der Waals surface area contributed by atoms with E-state index in [-0.39, 0.29) is 10.7 Å². The minimum atomic E-state index is -1.20. The van der Waals surface area contributed by atoms with Gasteiger partial charge in [-0.15, -0.1) is 0 Å². The summed E-state index contributed by atoms with van der Waals surface area (Å²) in [4.78, 5) is 16.9. The number of aromatic nitrogens is 1. The molecule has 2 rings (SSSR count). The number of halogens is 1. The fraction of sp³-hybridized carbons (Fsp3) is 0.500. The molecule has 0 unspecified atom stereocenters. The number of likely N-dealkylation sites (tertiary alicyclic amines) is 1. The van der Waals surface area contributed by atoms with Gasteiger partial charge in [0.15, 0.2) is 0 Å². The zero-order chi connectivity index (χ0) is 14.0. The number of amides is 1. The molecular formula is C12H16ClN3O3. The number of rotatable bonds is 2. The van der Waals surface area contributed by atoms with E-state index in [0.717, 1.165) is 13.1 Å². The smallest absolute Gasteiger partial charge is 0.409 e. The van der Waals surface area contributed by atoms with Crippen LogP contribution in [0.1, 0.15) is 18.5 Å². The molecule has 19 heavy (non-hydrogen) atoms. The molecular weight excluding hydrogens is 270 g/mol. The van der Waals surface area contributed by atoms with Crippen LogP contribution in [0.3, 0.4) is 0 Å². The van der Waals surface area contributed by atoms with E-state index in [9.17, 15) is 9.90 Å². The number of anilines is 1. The maximum Gasteiger partial charge on any atom is 0.409 e. The summed E-state index contributed by atoms with van der Waals surface area (Å²) in [6.45, 7) is 1.53. The van der Waals surface area contributed by atoms with Crippen LogP contribution in [0.5, 0.6) is 0 Å². The Kier molecular flexibility index (Phi) is 3.93. The van der Waals surface area contributed by atoms with Crippen molar-refractivity contribution in [3.05, 3.63) is 23.0 Å². The summed E-state index contributed by atoms with van der Waals surface area (Å²) >= 11 is 5.87. The van der Waals surface area contributed by atoms with E-state index < -0.39 is 11.7 Å². The SMILES string of the molecule is CN1CCC(O)(c2cc(NC(=O)O)c(Cl)cn2)CC1. The van der Waals surface area contributed by atoms with Crippen molar-refractivity contribution in [2.24, 2.45) is 0 Å². The van der Waals surface area contributed by atoms with Crippen LogP contribution < -0.4 is 5.32 Å². The predicted molar refractivity (Wildman–Crippen MR) is 71.5 cm³/mol. The lowest BCUT2D eigenvalue weighted by atomic mass is 9.88. The Morgan fingerprint density at radius 1 is 1.53 bits per heavy atom. The lowest BCUT2D eigenvalue weighted by Crippen LogP contribution is -2.41. The number of aliphatic hydroxyl groups is 1. The normalized spacial score (nSPS) is 19.1. The molecule has 0 aromatic carbocycles. The Bertz CT molecular complexity index is 487. The van der Waals surface area contributed by atoms with Crippen molar-refractivity contribution in [3.63, 3.8) is 0 Å². The lowest BCUT2D eigenvalue weighted by molar-refractivity contribution is -0.0238. The van der Waals surface area contributed by atoms with Crippen molar-refractivity contribution in [2.75, 3.05) is 25.5 Å². The van der Waals surface area contributed by atoms with Gasteiger partial charge in [0.05, 0.1) is 16.4 Å². The highest BCUT2D eigenvalue weighted by Gasteiger charge is 2.34. The first-order valence-corrected chi connectivity index (χ1v) is 6.35. The molecule has 104 valence electrons. The second kappa shape index (κ2) is 5.32. The highest BCUT2D eigenvalue weighted by Crippen LogP contribution is 2.34. The minimum absolute atomic E-state index is 0.211. The van der Waals surface area contributed by atoms with Crippen molar-refractivity contribution < 1.29 is 15.0 Å². The van der Waals surface area contributed by atoms with Gasteiger partial charge in [-0.05, 0) is 26.0 Å². The third kappa shape index (κ3) is 3.15. The molecule has 0 radical (unpaired) electrons. The van der Waals surface area contributed by atoms with E-state index in [2.05, 4.69) is 15.2 Å². The van der Waals surface area contributed by atoms with Crippen LogP contribution in [-0.4, -0.2) is 46.3 Å². The second-order valence-corrected chi connectivity index (χ2v) is 5.22. The molecule has 0 atom stereocenters. The van der Waals surface area contributed by atoms with Crippen LogP contribution in [0, 0.1) is 0 Å². The standard InChI is InChI=1S/C12H16ClN3O3/c1-16-4-2-12(19,3-5-16)10-6-9(15-11(17)18)8(13)7-14-10/h6-7,19H,2-5H2,1H3,(H,14,15)(H,17,18). The molecule has 1 amide bonds. The first-order valence-electron chi connectivity index (χ1n) is 5.97. The van der Waals surface area contributed by atoms with Crippen LogP contribution in [0.2, 0.25) is 5.02 Å². The molecule has 1 fully saturated rings. The molecule has 2 heterocycles. The van der Waals surface area contributed by atoms with E-state index >= 15 is 0 Å². The van der Waals surface area contributed by atoms with E-state index in [1.807, 2.05) is 7.05 Å². The Hall–Kier alpha value is -1.37. The Labute approximate surface area is 116 Å². The fourth-order valence-electron chi connectivity index (χ4n) is 2.15. The van der Waals surface area contributed by atoms with Crippen molar-refractivity contribution in [2.45, 2.75) is 18.4 Å². The Morgan fingerprint density at radius 3 is 2.74 bits per heavy atom. The number of hydrogen-bond acceptors (Lipinski definition) is 4. The Balaban J connectivity index is 2.27. The minimum Gasteiger partial charge on any atom is -0.465 e. The maximum absolute atomic E-state index is 10.7. The summed E-state index contributed by atoms with van der Waals surface area (Å²) < 4.78 is 0. The topological polar surface area (TPSA) is 85.7 Å². The molecule has 1 saturated heterocycles.